The van der Waals surface area contributed by atoms with Gasteiger partial charge in [-0.05, 0) is 42.3 Å². The SMILES string of the molecule is Cc1ccccc1CNC(=O)c1ccnc(Nc2ccc(Cl)cc2Cl)n1. The Labute approximate surface area is 161 Å². The first kappa shape index (κ1) is 18.2. The third kappa shape index (κ3) is 4.50. The number of carbonyl (C=O) groups excluding carboxylic acids is 1. The van der Waals surface area contributed by atoms with Crippen molar-refractivity contribution in [3.05, 3.63) is 81.6 Å². The Morgan fingerprint density at radius 3 is 2.69 bits per heavy atom. The Balaban J connectivity index is 1.70. The minimum absolute atomic E-state index is 0.265. The minimum Gasteiger partial charge on any atom is -0.347 e. The molecule has 7 heteroatoms. The van der Waals surface area contributed by atoms with Gasteiger partial charge >= 0.3 is 0 Å². The van der Waals surface area contributed by atoms with Crippen molar-refractivity contribution >= 4 is 40.7 Å². The van der Waals surface area contributed by atoms with Gasteiger partial charge in [0.25, 0.3) is 5.91 Å². The molecule has 1 heterocycles. The van der Waals surface area contributed by atoms with Crippen molar-refractivity contribution in [2.24, 2.45) is 0 Å². The number of anilines is 2. The number of nitrogens with one attached hydrogen (secondary N) is 2. The first-order chi connectivity index (χ1) is 12.5. The van der Waals surface area contributed by atoms with Crippen LogP contribution in [0.3, 0.4) is 0 Å². The lowest BCUT2D eigenvalue weighted by molar-refractivity contribution is 0.0946. The summed E-state index contributed by atoms with van der Waals surface area (Å²) in [7, 11) is 0. The number of halogens is 2. The van der Waals surface area contributed by atoms with E-state index in [9.17, 15) is 4.79 Å². The lowest BCUT2D eigenvalue weighted by Crippen LogP contribution is -2.24. The van der Waals surface area contributed by atoms with Crippen LogP contribution >= 0.6 is 23.2 Å². The molecular weight excluding hydrogens is 371 g/mol. The minimum atomic E-state index is -0.277. The Kier molecular flexibility index (Phi) is 5.71. The van der Waals surface area contributed by atoms with E-state index < -0.39 is 0 Å². The van der Waals surface area contributed by atoms with E-state index in [1.54, 1.807) is 24.3 Å². The molecule has 0 radical (unpaired) electrons. The second-order valence-corrected chi connectivity index (χ2v) is 6.47. The predicted molar refractivity (Wildman–Crippen MR) is 104 cm³/mol. The molecule has 0 unspecified atom stereocenters. The first-order valence-corrected chi connectivity index (χ1v) is 8.66. The molecule has 132 valence electrons. The van der Waals surface area contributed by atoms with Crippen molar-refractivity contribution in [3.63, 3.8) is 0 Å². The number of hydrogen-bond acceptors (Lipinski definition) is 4. The standard InChI is InChI=1S/C19H16Cl2N4O/c1-12-4-2-3-5-13(12)11-23-18(26)17-8-9-22-19(25-17)24-16-7-6-14(20)10-15(16)21/h2-10H,11H2,1H3,(H,23,26)(H,22,24,25). The molecule has 1 aromatic heterocycles. The number of rotatable bonds is 5. The summed E-state index contributed by atoms with van der Waals surface area (Å²) >= 11 is 12.0. The fourth-order valence-electron chi connectivity index (χ4n) is 2.33. The first-order valence-electron chi connectivity index (χ1n) is 7.91. The van der Waals surface area contributed by atoms with E-state index in [1.165, 1.54) is 6.20 Å². The third-order valence-corrected chi connectivity index (χ3v) is 4.31. The smallest absolute Gasteiger partial charge is 0.270 e. The van der Waals surface area contributed by atoms with Crippen molar-refractivity contribution < 1.29 is 4.79 Å². The van der Waals surface area contributed by atoms with E-state index in [0.29, 0.717) is 22.3 Å². The molecule has 5 nitrogen and oxygen atoms in total. The Hall–Kier alpha value is -2.63. The van der Waals surface area contributed by atoms with Gasteiger partial charge in [-0.2, -0.15) is 0 Å². The molecule has 0 bridgehead atoms. The summed E-state index contributed by atoms with van der Waals surface area (Å²) in [6, 6.07) is 14.5. The molecule has 26 heavy (non-hydrogen) atoms. The summed E-state index contributed by atoms with van der Waals surface area (Å²) in [6.07, 6.45) is 1.52. The summed E-state index contributed by atoms with van der Waals surface area (Å²) < 4.78 is 0. The molecule has 3 rings (SSSR count). The monoisotopic (exact) mass is 386 g/mol. The second-order valence-electron chi connectivity index (χ2n) is 5.62. The van der Waals surface area contributed by atoms with Crippen LogP contribution in [0.15, 0.2) is 54.7 Å². The molecule has 0 atom stereocenters. The van der Waals surface area contributed by atoms with Crippen LogP contribution in [0.5, 0.6) is 0 Å². The fraction of sp³-hybridized carbons (Fsp3) is 0.105. The third-order valence-electron chi connectivity index (χ3n) is 3.77. The van der Waals surface area contributed by atoms with E-state index in [0.717, 1.165) is 11.1 Å². The van der Waals surface area contributed by atoms with E-state index >= 15 is 0 Å². The van der Waals surface area contributed by atoms with Crippen LogP contribution in [0.25, 0.3) is 0 Å². The maximum Gasteiger partial charge on any atom is 0.270 e. The predicted octanol–water partition coefficient (Wildman–Crippen LogP) is 4.77. The molecule has 0 spiro atoms. The average Bonchev–Trinajstić information content (AvgIpc) is 2.63. The van der Waals surface area contributed by atoms with Gasteiger partial charge in [-0.1, -0.05) is 47.5 Å². The molecule has 0 saturated heterocycles. The summed E-state index contributed by atoms with van der Waals surface area (Å²) in [5.41, 5.74) is 3.05. The maximum atomic E-state index is 12.4. The zero-order valence-corrected chi connectivity index (χ0v) is 15.5. The molecule has 1 amide bonds. The Morgan fingerprint density at radius 1 is 1.12 bits per heavy atom. The van der Waals surface area contributed by atoms with Crippen LogP contribution in [0.1, 0.15) is 21.6 Å². The Morgan fingerprint density at radius 2 is 1.92 bits per heavy atom. The second kappa shape index (κ2) is 8.17. The lowest BCUT2D eigenvalue weighted by atomic mass is 10.1. The van der Waals surface area contributed by atoms with Crippen LogP contribution in [-0.4, -0.2) is 15.9 Å². The number of nitrogens with zero attached hydrogens (tertiary/aromatic N) is 2. The van der Waals surface area contributed by atoms with E-state index in [2.05, 4.69) is 20.6 Å². The number of aromatic nitrogens is 2. The quantitative estimate of drug-likeness (QED) is 0.662. The highest BCUT2D eigenvalue weighted by atomic mass is 35.5. The number of aryl methyl sites for hydroxylation is 1. The highest BCUT2D eigenvalue weighted by Gasteiger charge is 2.10. The van der Waals surface area contributed by atoms with Crippen molar-refractivity contribution in [2.75, 3.05) is 5.32 Å². The number of benzene rings is 2. The van der Waals surface area contributed by atoms with E-state index in [-0.39, 0.29) is 17.5 Å². The van der Waals surface area contributed by atoms with Gasteiger partial charge in [0, 0.05) is 17.8 Å². The van der Waals surface area contributed by atoms with Gasteiger partial charge in [-0.3, -0.25) is 4.79 Å². The zero-order chi connectivity index (χ0) is 18.5. The molecular formula is C19H16Cl2N4O. The highest BCUT2D eigenvalue weighted by molar-refractivity contribution is 6.36. The topological polar surface area (TPSA) is 66.9 Å². The average molecular weight is 387 g/mol. The number of hydrogen-bond donors (Lipinski definition) is 2. The zero-order valence-electron chi connectivity index (χ0n) is 14.0. The summed E-state index contributed by atoms with van der Waals surface area (Å²) in [6.45, 7) is 2.44. The van der Waals surface area contributed by atoms with Gasteiger partial charge in [0.1, 0.15) is 5.69 Å². The normalized spacial score (nSPS) is 10.4. The molecule has 2 aromatic carbocycles. The lowest BCUT2D eigenvalue weighted by Gasteiger charge is -2.09. The van der Waals surface area contributed by atoms with Crippen LogP contribution in [0, 0.1) is 6.92 Å². The van der Waals surface area contributed by atoms with Gasteiger partial charge < -0.3 is 10.6 Å². The highest BCUT2D eigenvalue weighted by Crippen LogP contribution is 2.27. The Bertz CT molecular complexity index is 946. The van der Waals surface area contributed by atoms with E-state index in [1.807, 2.05) is 31.2 Å². The van der Waals surface area contributed by atoms with Crippen molar-refractivity contribution in [3.8, 4) is 0 Å². The number of carbonyl (C=O) groups is 1. The molecule has 0 aliphatic rings. The van der Waals surface area contributed by atoms with Gasteiger partial charge in [0.05, 0.1) is 10.7 Å². The summed E-state index contributed by atoms with van der Waals surface area (Å²) in [5.74, 6) is -0.00123. The number of amides is 1. The van der Waals surface area contributed by atoms with Gasteiger partial charge in [0.15, 0.2) is 0 Å². The molecule has 2 N–H and O–H groups in total. The van der Waals surface area contributed by atoms with E-state index in [4.69, 9.17) is 23.2 Å². The van der Waals surface area contributed by atoms with Gasteiger partial charge in [-0.25, -0.2) is 9.97 Å². The fourth-order valence-corrected chi connectivity index (χ4v) is 2.79. The molecule has 0 aliphatic carbocycles. The van der Waals surface area contributed by atoms with Gasteiger partial charge in [-0.15, -0.1) is 0 Å². The van der Waals surface area contributed by atoms with Gasteiger partial charge in [0.2, 0.25) is 5.95 Å². The molecule has 3 aromatic rings. The van der Waals surface area contributed by atoms with Crippen LogP contribution < -0.4 is 10.6 Å². The van der Waals surface area contributed by atoms with Crippen LogP contribution in [0.2, 0.25) is 10.0 Å². The summed E-state index contributed by atoms with van der Waals surface area (Å²) in [5, 5.41) is 6.82. The van der Waals surface area contributed by atoms with Crippen molar-refractivity contribution in [1.82, 2.24) is 15.3 Å². The van der Waals surface area contributed by atoms with Crippen molar-refractivity contribution in [2.45, 2.75) is 13.5 Å². The molecule has 0 fully saturated rings. The van der Waals surface area contributed by atoms with Crippen molar-refractivity contribution in [1.29, 1.82) is 0 Å². The largest absolute Gasteiger partial charge is 0.347 e. The van der Waals surface area contributed by atoms with Crippen LogP contribution in [0.4, 0.5) is 11.6 Å². The van der Waals surface area contributed by atoms with Crippen LogP contribution in [-0.2, 0) is 6.54 Å². The molecule has 0 saturated carbocycles. The summed E-state index contributed by atoms with van der Waals surface area (Å²) in [4.78, 5) is 20.7. The maximum absolute atomic E-state index is 12.4. The molecule has 0 aliphatic heterocycles.